The lowest BCUT2D eigenvalue weighted by Crippen LogP contribution is -2.26. The van der Waals surface area contributed by atoms with Crippen LogP contribution in [-0.2, 0) is 9.84 Å². The minimum absolute atomic E-state index is 0.0679. The predicted molar refractivity (Wildman–Crippen MR) is 80.3 cm³/mol. The van der Waals surface area contributed by atoms with Gasteiger partial charge in [-0.05, 0) is 36.4 Å². The van der Waals surface area contributed by atoms with Crippen LogP contribution in [0.4, 0.5) is 0 Å². The SMILES string of the molecule is CNC(c1cccc2cnccc12)C1CCS(=O)(=O)C1. The molecule has 1 aliphatic heterocycles. The molecule has 1 fully saturated rings. The van der Waals surface area contributed by atoms with Crippen molar-refractivity contribution in [1.82, 2.24) is 10.3 Å². The number of nitrogens with one attached hydrogen (secondary N) is 1. The van der Waals surface area contributed by atoms with Crippen molar-refractivity contribution in [2.45, 2.75) is 12.5 Å². The zero-order valence-electron chi connectivity index (χ0n) is 11.4. The molecule has 1 aliphatic rings. The Labute approximate surface area is 119 Å². The van der Waals surface area contributed by atoms with Crippen LogP contribution in [-0.4, -0.2) is 32.0 Å². The normalized spacial score (nSPS) is 22.9. The summed E-state index contributed by atoms with van der Waals surface area (Å²) in [5.41, 5.74) is 1.16. The second-order valence-corrected chi connectivity index (χ2v) is 7.60. The van der Waals surface area contributed by atoms with Crippen LogP contribution in [0, 0.1) is 5.92 Å². The number of hydrogen-bond donors (Lipinski definition) is 1. The molecule has 20 heavy (non-hydrogen) atoms. The first-order valence-electron chi connectivity index (χ1n) is 6.81. The third kappa shape index (κ3) is 2.43. The third-order valence-corrected chi connectivity index (χ3v) is 5.89. The number of benzene rings is 1. The van der Waals surface area contributed by atoms with Gasteiger partial charge < -0.3 is 5.32 Å². The molecule has 1 N–H and O–H groups in total. The van der Waals surface area contributed by atoms with E-state index in [1.165, 1.54) is 0 Å². The summed E-state index contributed by atoms with van der Waals surface area (Å²) in [6, 6.07) is 8.18. The summed E-state index contributed by atoms with van der Waals surface area (Å²) in [4.78, 5) is 4.14. The van der Waals surface area contributed by atoms with Gasteiger partial charge in [0, 0.05) is 23.8 Å². The molecule has 1 saturated heterocycles. The van der Waals surface area contributed by atoms with Crippen molar-refractivity contribution < 1.29 is 8.42 Å². The molecule has 0 saturated carbocycles. The van der Waals surface area contributed by atoms with Crippen LogP contribution in [0.1, 0.15) is 18.0 Å². The van der Waals surface area contributed by atoms with Crippen molar-refractivity contribution in [3.05, 3.63) is 42.2 Å². The molecule has 4 nitrogen and oxygen atoms in total. The number of hydrogen-bond acceptors (Lipinski definition) is 4. The summed E-state index contributed by atoms with van der Waals surface area (Å²) >= 11 is 0. The molecule has 0 spiro atoms. The molecule has 0 radical (unpaired) electrons. The molecule has 2 aromatic rings. The van der Waals surface area contributed by atoms with Crippen LogP contribution >= 0.6 is 0 Å². The highest BCUT2D eigenvalue weighted by Gasteiger charge is 2.34. The minimum atomic E-state index is -2.86. The Morgan fingerprint density at radius 2 is 2.20 bits per heavy atom. The van der Waals surface area contributed by atoms with Gasteiger partial charge in [0.1, 0.15) is 0 Å². The Kier molecular flexibility index (Phi) is 3.48. The number of aromatic nitrogens is 1. The Morgan fingerprint density at radius 1 is 1.35 bits per heavy atom. The van der Waals surface area contributed by atoms with E-state index in [9.17, 15) is 8.42 Å². The van der Waals surface area contributed by atoms with Gasteiger partial charge in [-0.25, -0.2) is 8.42 Å². The highest BCUT2D eigenvalue weighted by molar-refractivity contribution is 7.91. The zero-order chi connectivity index (χ0) is 14.2. The van der Waals surface area contributed by atoms with E-state index in [4.69, 9.17) is 0 Å². The van der Waals surface area contributed by atoms with E-state index in [-0.39, 0.29) is 17.7 Å². The maximum atomic E-state index is 11.7. The van der Waals surface area contributed by atoms with Gasteiger partial charge in [0.15, 0.2) is 9.84 Å². The lowest BCUT2D eigenvalue weighted by atomic mass is 9.90. The molecule has 3 rings (SSSR count). The summed E-state index contributed by atoms with van der Waals surface area (Å²) in [5, 5.41) is 5.54. The van der Waals surface area contributed by atoms with Crippen LogP contribution in [0.25, 0.3) is 10.8 Å². The molecular weight excluding hydrogens is 272 g/mol. The van der Waals surface area contributed by atoms with Crippen LogP contribution < -0.4 is 5.32 Å². The van der Waals surface area contributed by atoms with Crippen molar-refractivity contribution in [2.24, 2.45) is 5.92 Å². The zero-order valence-corrected chi connectivity index (χ0v) is 12.2. The Balaban J connectivity index is 2.04. The molecule has 0 bridgehead atoms. The number of fused-ring (bicyclic) bond motifs is 1. The standard InChI is InChI=1S/C15H18N2O2S/c1-16-15(12-6-8-20(18,19)10-12)14-4-2-3-11-9-17-7-5-13(11)14/h2-5,7,9,12,15-16H,6,8,10H2,1H3. The Bertz CT molecular complexity index is 722. The van der Waals surface area contributed by atoms with E-state index in [0.29, 0.717) is 5.75 Å². The largest absolute Gasteiger partial charge is 0.313 e. The third-order valence-electron chi connectivity index (χ3n) is 4.10. The van der Waals surface area contributed by atoms with Gasteiger partial charge >= 0.3 is 0 Å². The highest BCUT2D eigenvalue weighted by atomic mass is 32.2. The molecule has 1 aromatic heterocycles. The summed E-state index contributed by atoms with van der Waals surface area (Å²) in [7, 11) is -0.966. The number of pyridine rings is 1. The van der Waals surface area contributed by atoms with E-state index in [0.717, 1.165) is 22.8 Å². The Morgan fingerprint density at radius 3 is 2.90 bits per heavy atom. The maximum absolute atomic E-state index is 11.7. The number of rotatable bonds is 3. The van der Waals surface area contributed by atoms with Gasteiger partial charge in [-0.3, -0.25) is 4.98 Å². The molecule has 106 valence electrons. The van der Waals surface area contributed by atoms with Gasteiger partial charge in [0.2, 0.25) is 0 Å². The molecule has 2 heterocycles. The molecule has 2 unspecified atom stereocenters. The average molecular weight is 290 g/mol. The molecule has 0 amide bonds. The second kappa shape index (κ2) is 5.14. The van der Waals surface area contributed by atoms with Gasteiger partial charge in [-0.15, -0.1) is 0 Å². The molecule has 0 aliphatic carbocycles. The fraction of sp³-hybridized carbons (Fsp3) is 0.400. The quantitative estimate of drug-likeness (QED) is 0.938. The summed E-state index contributed by atoms with van der Waals surface area (Å²) in [6.07, 6.45) is 4.36. The smallest absolute Gasteiger partial charge is 0.150 e. The summed E-state index contributed by atoms with van der Waals surface area (Å²) in [6.45, 7) is 0. The van der Waals surface area contributed by atoms with Gasteiger partial charge in [-0.2, -0.15) is 0 Å². The van der Waals surface area contributed by atoms with Crippen LogP contribution in [0.2, 0.25) is 0 Å². The lowest BCUT2D eigenvalue weighted by Gasteiger charge is -2.24. The van der Waals surface area contributed by atoms with Gasteiger partial charge in [0.05, 0.1) is 11.5 Å². The molecule has 1 aromatic carbocycles. The summed E-state index contributed by atoms with van der Waals surface area (Å²) in [5.74, 6) is 0.728. The van der Waals surface area contributed by atoms with Gasteiger partial charge in [-0.1, -0.05) is 18.2 Å². The van der Waals surface area contributed by atoms with E-state index in [1.807, 2.05) is 31.4 Å². The van der Waals surface area contributed by atoms with Crippen LogP contribution in [0.5, 0.6) is 0 Å². The number of sulfone groups is 1. The van der Waals surface area contributed by atoms with Crippen LogP contribution in [0.3, 0.4) is 0 Å². The first kappa shape index (κ1) is 13.5. The Hall–Kier alpha value is -1.46. The van der Waals surface area contributed by atoms with E-state index in [2.05, 4.69) is 16.4 Å². The molecular formula is C15H18N2O2S. The fourth-order valence-electron chi connectivity index (χ4n) is 3.15. The van der Waals surface area contributed by atoms with Gasteiger partial charge in [0.25, 0.3) is 0 Å². The molecule has 2 atom stereocenters. The van der Waals surface area contributed by atoms with Crippen molar-refractivity contribution in [1.29, 1.82) is 0 Å². The molecule has 5 heteroatoms. The van der Waals surface area contributed by atoms with Crippen molar-refractivity contribution in [3.8, 4) is 0 Å². The van der Waals surface area contributed by atoms with E-state index >= 15 is 0 Å². The lowest BCUT2D eigenvalue weighted by molar-refractivity contribution is 0.421. The summed E-state index contributed by atoms with van der Waals surface area (Å²) < 4.78 is 23.4. The van der Waals surface area contributed by atoms with Crippen molar-refractivity contribution >= 4 is 20.6 Å². The predicted octanol–water partition coefficient (Wildman–Crippen LogP) is 1.93. The fourth-order valence-corrected chi connectivity index (χ4v) is 4.99. The van der Waals surface area contributed by atoms with E-state index in [1.54, 1.807) is 6.20 Å². The second-order valence-electron chi connectivity index (χ2n) is 5.37. The van der Waals surface area contributed by atoms with E-state index < -0.39 is 9.84 Å². The first-order valence-corrected chi connectivity index (χ1v) is 8.63. The van der Waals surface area contributed by atoms with Crippen molar-refractivity contribution in [2.75, 3.05) is 18.6 Å². The first-order chi connectivity index (χ1) is 9.61. The minimum Gasteiger partial charge on any atom is -0.313 e. The van der Waals surface area contributed by atoms with Crippen molar-refractivity contribution in [3.63, 3.8) is 0 Å². The average Bonchev–Trinajstić information content (AvgIpc) is 2.80. The monoisotopic (exact) mass is 290 g/mol. The van der Waals surface area contributed by atoms with Crippen LogP contribution in [0.15, 0.2) is 36.7 Å². The number of nitrogens with zero attached hydrogens (tertiary/aromatic N) is 1. The highest BCUT2D eigenvalue weighted by Crippen LogP contribution is 2.34. The maximum Gasteiger partial charge on any atom is 0.150 e. The topological polar surface area (TPSA) is 59.1 Å².